The highest BCUT2D eigenvalue weighted by atomic mass is 32.2. The van der Waals surface area contributed by atoms with Gasteiger partial charge in [-0.25, -0.2) is 0 Å². The lowest BCUT2D eigenvalue weighted by Crippen LogP contribution is -2.45. The number of nitrogens with one attached hydrogen (secondary N) is 1. The van der Waals surface area contributed by atoms with E-state index in [1.807, 2.05) is 0 Å². The Labute approximate surface area is 162 Å². The van der Waals surface area contributed by atoms with Crippen molar-refractivity contribution in [2.24, 2.45) is 5.73 Å². The van der Waals surface area contributed by atoms with Crippen LogP contribution in [0.2, 0.25) is 0 Å². The van der Waals surface area contributed by atoms with Crippen molar-refractivity contribution in [2.45, 2.75) is 30.0 Å². The molecule has 0 unspecified atom stereocenters. The van der Waals surface area contributed by atoms with Crippen LogP contribution >= 0.6 is 0 Å². The maximum atomic E-state index is 12.7. The van der Waals surface area contributed by atoms with Gasteiger partial charge in [0.15, 0.2) is 0 Å². The Morgan fingerprint density at radius 3 is 2.36 bits per heavy atom. The Morgan fingerprint density at radius 1 is 1.07 bits per heavy atom. The molecule has 150 valence electrons. The smallest absolute Gasteiger partial charge is 0.368 e. The molecule has 2 aromatic rings. The fraction of sp³-hybridized carbons (Fsp3) is 0.263. The minimum absolute atomic E-state index is 0.0468. The first kappa shape index (κ1) is 21.6. The SMILES string of the molecule is NC(=O)[C@H](CC[S@](=O)c1ccccc1)NC(=O)Cc1cccc(C(F)(F)F)c1. The number of amides is 2. The second kappa shape index (κ2) is 9.50. The molecule has 0 fully saturated rings. The molecule has 2 rings (SSSR count). The van der Waals surface area contributed by atoms with Crippen LogP contribution in [0.4, 0.5) is 13.2 Å². The molecule has 0 saturated heterocycles. The molecule has 0 saturated carbocycles. The molecule has 0 aliphatic rings. The molecule has 3 N–H and O–H groups in total. The van der Waals surface area contributed by atoms with Gasteiger partial charge < -0.3 is 11.1 Å². The molecule has 0 aromatic heterocycles. The number of benzene rings is 2. The van der Waals surface area contributed by atoms with E-state index in [9.17, 15) is 27.0 Å². The summed E-state index contributed by atoms with van der Waals surface area (Å²) in [7, 11) is -1.37. The van der Waals surface area contributed by atoms with Crippen LogP contribution in [0.5, 0.6) is 0 Å². The van der Waals surface area contributed by atoms with Gasteiger partial charge in [0, 0.05) is 10.6 Å². The van der Waals surface area contributed by atoms with Crippen LogP contribution in [0.1, 0.15) is 17.5 Å². The summed E-state index contributed by atoms with van der Waals surface area (Å²) in [5.41, 5.74) is 4.58. The molecule has 2 aromatic carbocycles. The van der Waals surface area contributed by atoms with Gasteiger partial charge in [0.05, 0.1) is 22.8 Å². The third kappa shape index (κ3) is 6.49. The second-order valence-corrected chi connectivity index (χ2v) is 7.62. The second-order valence-electron chi connectivity index (χ2n) is 6.05. The lowest BCUT2D eigenvalue weighted by atomic mass is 10.1. The van der Waals surface area contributed by atoms with Crippen LogP contribution in [0.3, 0.4) is 0 Å². The molecule has 2 atom stereocenters. The van der Waals surface area contributed by atoms with Crippen molar-refractivity contribution < 1.29 is 27.0 Å². The molecule has 0 spiro atoms. The molecule has 0 bridgehead atoms. The van der Waals surface area contributed by atoms with Crippen LogP contribution < -0.4 is 11.1 Å². The molecule has 0 radical (unpaired) electrons. The zero-order chi connectivity index (χ0) is 20.7. The quantitative estimate of drug-likeness (QED) is 0.698. The number of nitrogens with two attached hydrogens (primary N) is 1. The fourth-order valence-corrected chi connectivity index (χ4v) is 3.64. The normalized spacial score (nSPS) is 13.5. The predicted octanol–water partition coefficient (Wildman–Crippen LogP) is 2.42. The number of rotatable bonds is 8. The van der Waals surface area contributed by atoms with Crippen molar-refractivity contribution in [1.29, 1.82) is 0 Å². The topological polar surface area (TPSA) is 89.3 Å². The van der Waals surface area contributed by atoms with Crippen LogP contribution in [-0.4, -0.2) is 27.8 Å². The van der Waals surface area contributed by atoms with Crippen LogP contribution in [0, 0.1) is 0 Å². The molecule has 5 nitrogen and oxygen atoms in total. The molecule has 9 heteroatoms. The van der Waals surface area contributed by atoms with E-state index < -0.39 is 40.4 Å². The number of primary amides is 1. The maximum absolute atomic E-state index is 12.7. The third-order valence-corrected chi connectivity index (χ3v) is 5.30. The van der Waals surface area contributed by atoms with Crippen LogP contribution in [0.15, 0.2) is 59.5 Å². The van der Waals surface area contributed by atoms with Gasteiger partial charge in [-0.3, -0.25) is 13.8 Å². The minimum atomic E-state index is -4.51. The summed E-state index contributed by atoms with van der Waals surface area (Å²) in [6.07, 6.45) is -4.80. The van der Waals surface area contributed by atoms with Gasteiger partial charge in [0.1, 0.15) is 6.04 Å². The molecule has 2 amide bonds. The minimum Gasteiger partial charge on any atom is -0.368 e. The standard InChI is InChI=1S/C19H19F3N2O3S/c20-19(21,22)14-6-4-5-13(11-14)12-17(25)24-16(18(23)26)9-10-28(27)15-7-2-1-3-8-15/h1-8,11,16H,9-10,12H2,(H2,23,26)(H,24,25)/t16-,28-/m0/s1. The predicted molar refractivity (Wildman–Crippen MR) is 98.6 cm³/mol. The molecular formula is C19H19F3N2O3S. The number of halogens is 3. The number of carbonyl (C=O) groups is 2. The monoisotopic (exact) mass is 412 g/mol. The van der Waals surface area contributed by atoms with Gasteiger partial charge in [-0.05, 0) is 30.2 Å². The largest absolute Gasteiger partial charge is 0.416 e. The number of carbonyl (C=O) groups excluding carboxylic acids is 2. The summed E-state index contributed by atoms with van der Waals surface area (Å²) in [6.45, 7) is 0. The first-order valence-electron chi connectivity index (χ1n) is 8.35. The van der Waals surface area contributed by atoms with Gasteiger partial charge in [-0.15, -0.1) is 0 Å². The Bertz CT molecular complexity index is 857. The average Bonchev–Trinajstić information content (AvgIpc) is 2.64. The number of hydrogen-bond donors (Lipinski definition) is 2. The van der Waals surface area contributed by atoms with Crippen LogP contribution in [0.25, 0.3) is 0 Å². The highest BCUT2D eigenvalue weighted by Gasteiger charge is 2.30. The lowest BCUT2D eigenvalue weighted by molar-refractivity contribution is -0.137. The Balaban J connectivity index is 1.95. The number of alkyl halides is 3. The molecule has 0 heterocycles. The van der Waals surface area contributed by atoms with Gasteiger partial charge in [0.2, 0.25) is 11.8 Å². The van der Waals surface area contributed by atoms with E-state index in [2.05, 4.69) is 5.32 Å². The highest BCUT2D eigenvalue weighted by Crippen LogP contribution is 2.29. The summed E-state index contributed by atoms with van der Waals surface area (Å²) < 4.78 is 50.5. The summed E-state index contributed by atoms with van der Waals surface area (Å²) in [5, 5.41) is 2.40. The average molecular weight is 412 g/mol. The molecule has 0 aliphatic carbocycles. The van der Waals surface area contributed by atoms with E-state index in [4.69, 9.17) is 5.73 Å². The van der Waals surface area contributed by atoms with Crippen molar-refractivity contribution in [1.82, 2.24) is 5.32 Å². The van der Waals surface area contributed by atoms with Crippen LogP contribution in [-0.2, 0) is 33.0 Å². The third-order valence-electron chi connectivity index (χ3n) is 3.90. The molecule has 0 aliphatic heterocycles. The summed E-state index contributed by atoms with van der Waals surface area (Å²) >= 11 is 0. The summed E-state index contributed by atoms with van der Waals surface area (Å²) in [4.78, 5) is 24.3. The van der Waals surface area contributed by atoms with E-state index in [-0.39, 0.29) is 24.2 Å². The van der Waals surface area contributed by atoms with Gasteiger partial charge >= 0.3 is 6.18 Å². The highest BCUT2D eigenvalue weighted by molar-refractivity contribution is 7.85. The number of hydrogen-bond acceptors (Lipinski definition) is 3. The van der Waals surface area contributed by atoms with Crippen molar-refractivity contribution in [2.75, 3.05) is 5.75 Å². The van der Waals surface area contributed by atoms with E-state index in [1.54, 1.807) is 30.3 Å². The first-order chi connectivity index (χ1) is 13.2. The van der Waals surface area contributed by atoms with Gasteiger partial charge in [0.25, 0.3) is 0 Å². The Morgan fingerprint density at radius 2 is 1.75 bits per heavy atom. The van der Waals surface area contributed by atoms with E-state index in [1.165, 1.54) is 12.1 Å². The maximum Gasteiger partial charge on any atom is 0.416 e. The summed E-state index contributed by atoms with van der Waals surface area (Å²) in [6, 6.07) is 11.9. The van der Waals surface area contributed by atoms with Crippen molar-refractivity contribution >= 4 is 22.6 Å². The van der Waals surface area contributed by atoms with Gasteiger partial charge in [-0.2, -0.15) is 13.2 Å². The Kier molecular flexibility index (Phi) is 7.33. The van der Waals surface area contributed by atoms with Gasteiger partial charge in [-0.1, -0.05) is 36.4 Å². The molecule has 28 heavy (non-hydrogen) atoms. The summed E-state index contributed by atoms with van der Waals surface area (Å²) in [5.74, 6) is -1.35. The zero-order valence-corrected chi connectivity index (χ0v) is 15.6. The fourth-order valence-electron chi connectivity index (χ4n) is 2.49. The van der Waals surface area contributed by atoms with E-state index in [0.717, 1.165) is 12.1 Å². The van der Waals surface area contributed by atoms with Crippen molar-refractivity contribution in [3.63, 3.8) is 0 Å². The lowest BCUT2D eigenvalue weighted by Gasteiger charge is -2.16. The van der Waals surface area contributed by atoms with Crippen molar-refractivity contribution in [3.8, 4) is 0 Å². The van der Waals surface area contributed by atoms with E-state index >= 15 is 0 Å². The van der Waals surface area contributed by atoms with Crippen molar-refractivity contribution in [3.05, 3.63) is 65.7 Å². The van der Waals surface area contributed by atoms with E-state index in [0.29, 0.717) is 4.90 Å². The Hall–Kier alpha value is -2.68. The zero-order valence-electron chi connectivity index (χ0n) is 14.7. The molecular weight excluding hydrogens is 393 g/mol. The first-order valence-corrected chi connectivity index (χ1v) is 9.67.